The molecule has 3 aromatic rings. The van der Waals surface area contributed by atoms with Crippen LogP contribution in [0.3, 0.4) is 0 Å². The van der Waals surface area contributed by atoms with Gasteiger partial charge in [0.1, 0.15) is 11.4 Å². The van der Waals surface area contributed by atoms with Crippen molar-refractivity contribution in [2.24, 2.45) is 5.73 Å². The average molecular weight is 406 g/mol. The Bertz CT molecular complexity index is 1040. The van der Waals surface area contributed by atoms with Gasteiger partial charge in [-0.2, -0.15) is 5.10 Å². The van der Waals surface area contributed by atoms with Crippen LogP contribution in [0.4, 0.5) is 5.69 Å². The summed E-state index contributed by atoms with van der Waals surface area (Å²) >= 11 is 0. The first-order valence-corrected chi connectivity index (χ1v) is 9.73. The third-order valence-corrected chi connectivity index (χ3v) is 4.86. The van der Waals surface area contributed by atoms with Crippen molar-refractivity contribution in [3.05, 3.63) is 77.1 Å². The van der Waals surface area contributed by atoms with E-state index in [0.717, 1.165) is 22.7 Å². The van der Waals surface area contributed by atoms with Crippen molar-refractivity contribution in [1.82, 2.24) is 9.78 Å². The molecule has 0 atom stereocenters. The van der Waals surface area contributed by atoms with Crippen LogP contribution in [0.1, 0.15) is 33.7 Å². The van der Waals surface area contributed by atoms with Crippen LogP contribution >= 0.6 is 0 Å². The van der Waals surface area contributed by atoms with Crippen LogP contribution in [0.25, 0.3) is 0 Å². The zero-order chi connectivity index (χ0) is 21.7. The van der Waals surface area contributed by atoms with E-state index in [1.807, 2.05) is 38.1 Å². The second-order valence-electron chi connectivity index (χ2n) is 7.20. The number of anilines is 1. The molecule has 2 aromatic carbocycles. The molecule has 0 aliphatic carbocycles. The molecule has 1 aliphatic heterocycles. The minimum Gasteiger partial charge on any atom is -0.491 e. The predicted molar refractivity (Wildman–Crippen MR) is 116 cm³/mol. The second-order valence-corrected chi connectivity index (χ2v) is 7.20. The molecule has 30 heavy (non-hydrogen) atoms. The Balaban J connectivity index is 0.000000177. The van der Waals surface area contributed by atoms with Gasteiger partial charge in [-0.25, -0.2) is 0 Å². The molecule has 2 N–H and O–H groups in total. The van der Waals surface area contributed by atoms with Crippen LogP contribution in [0.2, 0.25) is 0 Å². The number of hydrogen-bond acceptors (Lipinski definition) is 4. The monoisotopic (exact) mass is 406 g/mol. The molecule has 1 aliphatic rings. The summed E-state index contributed by atoms with van der Waals surface area (Å²) in [5.41, 5.74) is 9.67. The first-order chi connectivity index (χ1) is 14.3. The number of carbonyl (C=O) groups excluding carboxylic acids is 2. The Hall–Kier alpha value is -3.61. The maximum atomic E-state index is 11.4. The summed E-state index contributed by atoms with van der Waals surface area (Å²) in [4.78, 5) is 24.1. The third-order valence-electron chi connectivity index (χ3n) is 4.86. The zero-order valence-corrected chi connectivity index (χ0v) is 17.5. The van der Waals surface area contributed by atoms with Gasteiger partial charge in [0.2, 0.25) is 5.91 Å². The van der Waals surface area contributed by atoms with E-state index in [4.69, 9.17) is 10.5 Å². The number of carbonyl (C=O) groups is 2. The van der Waals surface area contributed by atoms with E-state index in [-0.39, 0.29) is 5.91 Å². The Labute approximate surface area is 176 Å². The predicted octanol–water partition coefficient (Wildman–Crippen LogP) is 3.08. The number of aromatic nitrogens is 2. The van der Waals surface area contributed by atoms with Gasteiger partial charge >= 0.3 is 0 Å². The van der Waals surface area contributed by atoms with Gasteiger partial charge in [0, 0.05) is 12.7 Å². The van der Waals surface area contributed by atoms with Crippen LogP contribution in [-0.4, -0.2) is 35.2 Å². The van der Waals surface area contributed by atoms with Gasteiger partial charge in [0.15, 0.2) is 0 Å². The number of rotatable bonds is 3. The molecular formula is C23H26N4O3. The Morgan fingerprint density at radius 1 is 1.13 bits per heavy atom. The van der Waals surface area contributed by atoms with E-state index in [1.165, 1.54) is 5.56 Å². The smallest absolute Gasteiger partial charge is 0.269 e. The van der Waals surface area contributed by atoms with Crippen molar-refractivity contribution in [3.63, 3.8) is 0 Å². The van der Waals surface area contributed by atoms with Crippen molar-refractivity contribution in [3.8, 4) is 5.75 Å². The van der Waals surface area contributed by atoms with E-state index >= 15 is 0 Å². The highest BCUT2D eigenvalue weighted by Gasteiger charge is 2.18. The number of primary amides is 1. The zero-order valence-electron chi connectivity index (χ0n) is 17.5. The van der Waals surface area contributed by atoms with Crippen LogP contribution in [-0.2, 0) is 11.3 Å². The van der Waals surface area contributed by atoms with Gasteiger partial charge < -0.3 is 15.4 Å². The molecule has 7 nitrogen and oxygen atoms in total. The molecule has 4 rings (SSSR count). The fourth-order valence-corrected chi connectivity index (χ4v) is 3.06. The quantitative estimate of drug-likeness (QED) is 0.724. The summed E-state index contributed by atoms with van der Waals surface area (Å²) in [7, 11) is 1.77. The van der Waals surface area contributed by atoms with Crippen molar-refractivity contribution in [2.75, 3.05) is 18.6 Å². The van der Waals surface area contributed by atoms with Gasteiger partial charge in [-0.1, -0.05) is 42.0 Å². The molecule has 0 unspecified atom stereocenters. The van der Waals surface area contributed by atoms with Crippen molar-refractivity contribution < 1.29 is 14.3 Å². The minimum atomic E-state index is -0.490. The van der Waals surface area contributed by atoms with Gasteiger partial charge in [0.05, 0.1) is 25.3 Å². The van der Waals surface area contributed by atoms with Gasteiger partial charge in [-0.3, -0.25) is 14.3 Å². The molecule has 0 saturated carbocycles. The maximum Gasteiger partial charge on any atom is 0.269 e. The molecule has 156 valence electrons. The summed E-state index contributed by atoms with van der Waals surface area (Å²) in [5, 5.41) is 4.17. The molecule has 0 radical (unpaired) electrons. The average Bonchev–Trinajstić information content (AvgIpc) is 3.03. The number of ether oxygens (including phenoxy) is 1. The maximum absolute atomic E-state index is 11.4. The fourth-order valence-electron chi connectivity index (χ4n) is 3.06. The molecule has 7 heteroatoms. The van der Waals surface area contributed by atoms with Gasteiger partial charge in [-0.15, -0.1) is 0 Å². The lowest BCUT2D eigenvalue weighted by Crippen LogP contribution is -2.24. The SMILES string of the molecule is CN1C(=O)CCOc2ccccc21.Cc1ccc(Cn2nc(C(N)=O)cc2C)cc1. The number of nitrogens with two attached hydrogens (primary N) is 1. The Kier molecular flexibility index (Phi) is 6.51. The number of fused-ring (bicyclic) bond motifs is 1. The van der Waals surface area contributed by atoms with E-state index in [0.29, 0.717) is 25.3 Å². The second kappa shape index (κ2) is 9.26. The summed E-state index contributed by atoms with van der Waals surface area (Å²) in [6.45, 7) is 5.08. The lowest BCUT2D eigenvalue weighted by atomic mass is 10.1. The van der Waals surface area contributed by atoms with E-state index < -0.39 is 5.91 Å². The van der Waals surface area contributed by atoms with Crippen molar-refractivity contribution in [2.45, 2.75) is 26.8 Å². The number of hydrogen-bond donors (Lipinski definition) is 1. The molecule has 0 fully saturated rings. The minimum absolute atomic E-state index is 0.102. The Morgan fingerprint density at radius 3 is 2.50 bits per heavy atom. The number of nitrogens with zero attached hydrogens (tertiary/aromatic N) is 3. The highest BCUT2D eigenvalue weighted by molar-refractivity contribution is 5.95. The lowest BCUT2D eigenvalue weighted by molar-refractivity contribution is -0.118. The van der Waals surface area contributed by atoms with E-state index in [9.17, 15) is 9.59 Å². The highest BCUT2D eigenvalue weighted by Crippen LogP contribution is 2.29. The Morgan fingerprint density at radius 2 is 1.83 bits per heavy atom. The number of aryl methyl sites for hydroxylation is 2. The largest absolute Gasteiger partial charge is 0.491 e. The summed E-state index contributed by atoms with van der Waals surface area (Å²) in [6.07, 6.45) is 0.450. The standard InChI is InChI=1S/C13H15N3O.C10H11NO2/c1-9-3-5-11(6-4-9)8-16-10(2)7-12(15-16)13(14)17;1-11-8-4-2-3-5-9(8)13-7-6-10(11)12/h3-7H,8H2,1-2H3,(H2,14,17);2-5H,6-7H2,1H3. The summed E-state index contributed by atoms with van der Waals surface area (Å²) in [5.74, 6) is 0.400. The number of para-hydroxylation sites is 2. The number of benzene rings is 2. The van der Waals surface area contributed by atoms with Crippen molar-refractivity contribution in [1.29, 1.82) is 0 Å². The van der Waals surface area contributed by atoms with E-state index in [2.05, 4.69) is 29.4 Å². The summed E-state index contributed by atoms with van der Waals surface area (Å²) in [6, 6.07) is 17.5. The van der Waals surface area contributed by atoms with Crippen molar-refractivity contribution >= 4 is 17.5 Å². The number of amides is 2. The first-order valence-electron chi connectivity index (χ1n) is 9.73. The first kappa shape index (κ1) is 21.1. The highest BCUT2D eigenvalue weighted by atomic mass is 16.5. The lowest BCUT2D eigenvalue weighted by Gasteiger charge is -2.15. The molecule has 0 saturated heterocycles. The molecule has 0 bridgehead atoms. The molecule has 0 spiro atoms. The normalized spacial score (nSPS) is 12.9. The van der Waals surface area contributed by atoms with Crippen LogP contribution in [0, 0.1) is 13.8 Å². The van der Waals surface area contributed by atoms with Crippen LogP contribution in [0.5, 0.6) is 5.75 Å². The van der Waals surface area contributed by atoms with Crippen LogP contribution in [0.15, 0.2) is 54.6 Å². The molecule has 2 heterocycles. The molecule has 2 amide bonds. The fraction of sp³-hybridized carbons (Fsp3) is 0.261. The van der Waals surface area contributed by atoms with Gasteiger partial charge in [-0.05, 0) is 37.6 Å². The summed E-state index contributed by atoms with van der Waals surface area (Å²) < 4.78 is 7.21. The molecule has 1 aromatic heterocycles. The molecular weight excluding hydrogens is 380 g/mol. The topological polar surface area (TPSA) is 90.4 Å². The van der Waals surface area contributed by atoms with Gasteiger partial charge in [0.25, 0.3) is 5.91 Å². The van der Waals surface area contributed by atoms with Crippen LogP contribution < -0.4 is 15.4 Å². The van der Waals surface area contributed by atoms with E-state index in [1.54, 1.807) is 22.7 Å². The third kappa shape index (κ3) is 5.05.